The van der Waals surface area contributed by atoms with Crippen LogP contribution in [0.5, 0.6) is 0 Å². The molecule has 0 saturated carbocycles. The Morgan fingerprint density at radius 2 is 2.19 bits per heavy atom. The number of nitrogens with one attached hydrogen (secondary N) is 1. The Kier molecular flexibility index (Phi) is 5.97. The number of fused-ring (bicyclic) bond motifs is 1. The predicted molar refractivity (Wildman–Crippen MR) is 109 cm³/mol. The molecule has 2 aliphatic rings. The first-order valence-corrected chi connectivity index (χ1v) is 9.85. The van der Waals surface area contributed by atoms with Gasteiger partial charge in [-0.1, -0.05) is 48.7 Å². The van der Waals surface area contributed by atoms with E-state index in [4.69, 9.17) is 9.73 Å². The quantitative estimate of drug-likeness (QED) is 0.786. The van der Waals surface area contributed by atoms with Crippen molar-refractivity contribution in [2.75, 3.05) is 12.4 Å². The van der Waals surface area contributed by atoms with E-state index in [0.717, 1.165) is 0 Å². The van der Waals surface area contributed by atoms with Crippen molar-refractivity contribution in [1.29, 1.82) is 0 Å². The lowest BCUT2D eigenvalue weighted by Crippen LogP contribution is -2.46. The molecule has 142 valence electrons. The Balaban J connectivity index is 1.90. The standard InChI is InChI=1S/C21H23FN2O2S/c1-4-5-11-18(22)14(2)21-13-26-15(3)17(21)12-27-20(24-21)23-19(25)16-9-7-6-8-10-16/h4-11,15,17H,2,12-13H2,1,3H3,(H,23,24,25)/b5-4-,18-11+/t15-,17-,21-/m1/s1. The molecule has 0 spiro atoms. The fourth-order valence-corrected chi connectivity index (χ4v) is 4.61. The normalized spacial score (nSPS) is 28.0. The zero-order valence-electron chi connectivity index (χ0n) is 15.4. The minimum absolute atomic E-state index is 0.00265. The molecule has 2 aliphatic heterocycles. The lowest BCUT2D eigenvalue weighted by atomic mass is 9.79. The lowest BCUT2D eigenvalue weighted by molar-refractivity contribution is 0.0977. The second kappa shape index (κ2) is 8.23. The minimum atomic E-state index is -0.897. The van der Waals surface area contributed by atoms with Gasteiger partial charge >= 0.3 is 0 Å². The summed E-state index contributed by atoms with van der Waals surface area (Å²) in [6.07, 6.45) is 4.71. The van der Waals surface area contributed by atoms with Crippen molar-refractivity contribution in [2.24, 2.45) is 10.9 Å². The van der Waals surface area contributed by atoms with Gasteiger partial charge in [-0.25, -0.2) is 9.38 Å². The molecule has 1 N–H and O–H groups in total. The number of amidine groups is 1. The first kappa shape index (κ1) is 19.6. The van der Waals surface area contributed by atoms with Crippen LogP contribution in [-0.2, 0) is 4.74 Å². The average Bonchev–Trinajstić information content (AvgIpc) is 3.03. The lowest BCUT2D eigenvalue weighted by Gasteiger charge is -2.36. The van der Waals surface area contributed by atoms with E-state index in [9.17, 15) is 9.18 Å². The maximum Gasteiger partial charge on any atom is 0.257 e. The van der Waals surface area contributed by atoms with Crippen LogP contribution in [0, 0.1) is 5.92 Å². The average molecular weight is 386 g/mol. The third kappa shape index (κ3) is 3.92. The van der Waals surface area contributed by atoms with E-state index in [2.05, 4.69) is 11.9 Å². The van der Waals surface area contributed by atoms with Crippen molar-refractivity contribution in [2.45, 2.75) is 25.5 Å². The van der Waals surface area contributed by atoms with Gasteiger partial charge in [0.15, 0.2) is 5.17 Å². The molecule has 3 rings (SSSR count). The summed E-state index contributed by atoms with van der Waals surface area (Å²) in [5, 5.41) is 3.32. The third-order valence-electron chi connectivity index (χ3n) is 4.95. The Labute approximate surface area is 163 Å². The number of ether oxygens (including phenoxy) is 1. The van der Waals surface area contributed by atoms with Crippen LogP contribution in [0.1, 0.15) is 24.2 Å². The van der Waals surface area contributed by atoms with E-state index in [-0.39, 0.29) is 24.5 Å². The van der Waals surface area contributed by atoms with Crippen LogP contribution < -0.4 is 5.32 Å². The number of halogens is 1. The second-order valence-electron chi connectivity index (χ2n) is 6.61. The van der Waals surface area contributed by atoms with Crippen LogP contribution in [0.3, 0.4) is 0 Å². The highest BCUT2D eigenvalue weighted by atomic mass is 32.2. The molecule has 2 heterocycles. The topological polar surface area (TPSA) is 50.7 Å². The first-order valence-electron chi connectivity index (χ1n) is 8.87. The highest BCUT2D eigenvalue weighted by Gasteiger charge is 2.53. The van der Waals surface area contributed by atoms with Crippen LogP contribution in [0.15, 0.2) is 71.5 Å². The number of amides is 1. The molecule has 1 amide bonds. The summed E-state index contributed by atoms with van der Waals surface area (Å²) in [6, 6.07) is 8.93. The molecule has 4 nitrogen and oxygen atoms in total. The molecule has 6 heteroatoms. The molecule has 0 aromatic heterocycles. The SMILES string of the molecule is C=C(/C(F)=C\C=C/C)[C@]12CO[C@H](C)[C@H]1CSC(NC(=O)c1ccccc1)=N2. The number of benzene rings is 1. The van der Waals surface area contributed by atoms with Gasteiger partial charge in [0, 0.05) is 22.8 Å². The van der Waals surface area contributed by atoms with Crippen LogP contribution in [-0.4, -0.2) is 35.1 Å². The Morgan fingerprint density at radius 3 is 2.89 bits per heavy atom. The van der Waals surface area contributed by atoms with E-state index in [1.807, 2.05) is 19.9 Å². The monoisotopic (exact) mass is 386 g/mol. The predicted octanol–water partition coefficient (Wildman–Crippen LogP) is 4.28. The van der Waals surface area contributed by atoms with Crippen LogP contribution in [0.25, 0.3) is 0 Å². The van der Waals surface area contributed by atoms with Gasteiger partial charge in [-0.05, 0) is 32.1 Å². The number of thioether (sulfide) groups is 1. The zero-order valence-corrected chi connectivity index (χ0v) is 16.3. The summed E-state index contributed by atoms with van der Waals surface area (Å²) in [6.45, 7) is 8.02. The molecular weight excluding hydrogens is 363 g/mol. The summed E-state index contributed by atoms with van der Waals surface area (Å²) < 4.78 is 20.5. The molecule has 0 aliphatic carbocycles. The second-order valence-corrected chi connectivity index (χ2v) is 7.62. The number of carbonyl (C=O) groups excluding carboxylic acids is 1. The van der Waals surface area contributed by atoms with Gasteiger partial charge < -0.3 is 10.1 Å². The number of hydrogen-bond donors (Lipinski definition) is 1. The number of hydrogen-bond acceptors (Lipinski definition) is 4. The number of nitrogens with zero attached hydrogens (tertiary/aromatic N) is 1. The molecule has 1 aromatic rings. The Bertz CT molecular complexity index is 819. The van der Waals surface area contributed by atoms with Gasteiger partial charge in [-0.2, -0.15) is 0 Å². The molecule has 27 heavy (non-hydrogen) atoms. The largest absolute Gasteiger partial charge is 0.375 e. The highest BCUT2D eigenvalue weighted by molar-refractivity contribution is 8.13. The zero-order chi connectivity index (χ0) is 19.4. The maximum absolute atomic E-state index is 14.7. The van der Waals surface area contributed by atoms with Gasteiger partial charge in [0.05, 0.1) is 12.7 Å². The molecule has 3 atom stereocenters. The van der Waals surface area contributed by atoms with Gasteiger partial charge in [0.1, 0.15) is 11.4 Å². The van der Waals surface area contributed by atoms with E-state index in [1.165, 1.54) is 17.8 Å². The number of allylic oxidation sites excluding steroid dienone is 3. The molecule has 0 bridgehead atoms. The number of aliphatic imine (C=N–C) groups is 1. The molecule has 1 saturated heterocycles. The van der Waals surface area contributed by atoms with Gasteiger partial charge in [-0.15, -0.1) is 0 Å². The smallest absolute Gasteiger partial charge is 0.257 e. The fourth-order valence-electron chi connectivity index (χ4n) is 3.33. The van der Waals surface area contributed by atoms with Gasteiger partial charge in [0.25, 0.3) is 5.91 Å². The summed E-state index contributed by atoms with van der Waals surface area (Å²) in [5.74, 6) is 0.0145. The fraction of sp³-hybridized carbons (Fsp3) is 0.333. The van der Waals surface area contributed by atoms with Crippen LogP contribution in [0.2, 0.25) is 0 Å². The van der Waals surface area contributed by atoms with Crippen molar-refractivity contribution >= 4 is 22.8 Å². The van der Waals surface area contributed by atoms with E-state index in [0.29, 0.717) is 22.1 Å². The summed E-state index contributed by atoms with van der Waals surface area (Å²) in [4.78, 5) is 17.2. The first-order chi connectivity index (χ1) is 13.0. The summed E-state index contributed by atoms with van der Waals surface area (Å²) in [7, 11) is 0. The summed E-state index contributed by atoms with van der Waals surface area (Å²) in [5.41, 5.74) is -0.0562. The van der Waals surface area contributed by atoms with Crippen LogP contribution >= 0.6 is 11.8 Å². The van der Waals surface area contributed by atoms with Gasteiger partial charge in [-0.3, -0.25) is 4.79 Å². The summed E-state index contributed by atoms with van der Waals surface area (Å²) >= 11 is 1.45. The number of rotatable bonds is 4. The molecule has 1 fully saturated rings. The Hall–Kier alpha value is -2.18. The van der Waals surface area contributed by atoms with Gasteiger partial charge in [0.2, 0.25) is 0 Å². The van der Waals surface area contributed by atoms with Crippen LogP contribution in [0.4, 0.5) is 4.39 Å². The van der Waals surface area contributed by atoms with Crippen molar-refractivity contribution in [1.82, 2.24) is 5.32 Å². The number of carbonyl (C=O) groups is 1. The van der Waals surface area contributed by atoms with Crippen molar-refractivity contribution in [3.8, 4) is 0 Å². The Morgan fingerprint density at radius 1 is 1.44 bits per heavy atom. The highest BCUT2D eigenvalue weighted by Crippen LogP contribution is 2.46. The molecule has 1 aromatic carbocycles. The molecule has 0 radical (unpaired) electrons. The minimum Gasteiger partial charge on any atom is -0.375 e. The van der Waals surface area contributed by atoms with Crippen molar-refractivity contribution < 1.29 is 13.9 Å². The molecule has 0 unspecified atom stereocenters. The van der Waals surface area contributed by atoms with Crippen molar-refractivity contribution in [3.63, 3.8) is 0 Å². The maximum atomic E-state index is 14.7. The molecular formula is C21H23FN2O2S. The van der Waals surface area contributed by atoms with E-state index >= 15 is 0 Å². The van der Waals surface area contributed by atoms with E-state index < -0.39 is 11.4 Å². The third-order valence-corrected chi connectivity index (χ3v) is 5.94. The van der Waals surface area contributed by atoms with Crippen molar-refractivity contribution in [3.05, 3.63) is 72.1 Å². The van der Waals surface area contributed by atoms with E-state index in [1.54, 1.807) is 36.4 Å².